The van der Waals surface area contributed by atoms with Crippen LogP contribution in [-0.2, 0) is 4.74 Å². The van der Waals surface area contributed by atoms with Crippen molar-refractivity contribution in [2.75, 3.05) is 32.8 Å². The van der Waals surface area contributed by atoms with E-state index in [2.05, 4.69) is 31.4 Å². The molecule has 0 amide bonds. The lowest BCUT2D eigenvalue weighted by Crippen LogP contribution is -2.46. The zero-order valence-corrected chi connectivity index (χ0v) is 14.8. The van der Waals surface area contributed by atoms with Crippen LogP contribution in [0.2, 0.25) is 0 Å². The Kier molecular flexibility index (Phi) is 6.54. The second kappa shape index (κ2) is 8.19. The maximum atomic E-state index is 5.51. The minimum Gasteiger partial charge on any atom is -0.382 e. The largest absolute Gasteiger partial charge is 0.382 e. The summed E-state index contributed by atoms with van der Waals surface area (Å²) in [6.45, 7) is 11.2. The number of nitrogens with one attached hydrogen (secondary N) is 2. The summed E-state index contributed by atoms with van der Waals surface area (Å²) in [5.41, 5.74) is 0.957. The van der Waals surface area contributed by atoms with Crippen molar-refractivity contribution >= 4 is 5.96 Å². The number of rotatable bonds is 10. The lowest BCUT2D eigenvalue weighted by Gasteiger charge is -2.41. The normalized spacial score (nSPS) is 22.0. The van der Waals surface area contributed by atoms with Gasteiger partial charge in [0.15, 0.2) is 5.96 Å². The molecule has 2 aliphatic rings. The summed E-state index contributed by atoms with van der Waals surface area (Å²) < 4.78 is 5.51. The Labute approximate surface area is 136 Å². The molecule has 128 valence electrons. The topological polar surface area (TPSA) is 45.7 Å². The molecule has 0 heterocycles. The molecule has 2 fully saturated rings. The molecule has 0 aromatic heterocycles. The predicted octanol–water partition coefficient (Wildman–Crippen LogP) is 3.33. The van der Waals surface area contributed by atoms with Gasteiger partial charge in [-0.3, -0.25) is 4.99 Å². The monoisotopic (exact) mass is 309 g/mol. The molecule has 2 saturated carbocycles. The Bertz CT molecular complexity index is 354. The minimum absolute atomic E-state index is 0.427. The number of aliphatic imine (C=N–C) groups is 1. The highest BCUT2D eigenvalue weighted by molar-refractivity contribution is 5.79. The summed E-state index contributed by atoms with van der Waals surface area (Å²) in [5.74, 6) is 1.00. The summed E-state index contributed by atoms with van der Waals surface area (Å²) in [4.78, 5) is 4.86. The van der Waals surface area contributed by atoms with Gasteiger partial charge >= 0.3 is 0 Å². The van der Waals surface area contributed by atoms with Gasteiger partial charge in [0, 0.05) is 32.8 Å². The molecule has 0 bridgehead atoms. The van der Waals surface area contributed by atoms with E-state index in [9.17, 15) is 0 Å². The van der Waals surface area contributed by atoms with E-state index in [1.165, 1.54) is 38.5 Å². The molecule has 0 spiro atoms. The fourth-order valence-electron chi connectivity index (χ4n) is 3.29. The summed E-state index contributed by atoms with van der Waals surface area (Å²) >= 11 is 0. The summed E-state index contributed by atoms with van der Waals surface area (Å²) in [6, 6.07) is 0. The van der Waals surface area contributed by atoms with Gasteiger partial charge in [0.25, 0.3) is 0 Å². The summed E-state index contributed by atoms with van der Waals surface area (Å²) in [5, 5.41) is 6.99. The summed E-state index contributed by atoms with van der Waals surface area (Å²) in [6.07, 6.45) is 9.18. The van der Waals surface area contributed by atoms with Crippen molar-refractivity contribution in [3.63, 3.8) is 0 Å². The third-order valence-corrected chi connectivity index (χ3v) is 5.65. The Morgan fingerprint density at radius 1 is 1.05 bits per heavy atom. The van der Waals surface area contributed by atoms with Gasteiger partial charge in [-0.05, 0) is 63.2 Å². The van der Waals surface area contributed by atoms with Crippen molar-refractivity contribution in [3.05, 3.63) is 0 Å². The molecule has 0 aromatic rings. The Hall–Kier alpha value is -0.770. The first-order chi connectivity index (χ1) is 10.7. The van der Waals surface area contributed by atoms with Crippen molar-refractivity contribution < 1.29 is 4.74 Å². The second-order valence-electron chi connectivity index (χ2n) is 7.20. The quantitative estimate of drug-likeness (QED) is 0.370. The lowest BCUT2D eigenvalue weighted by molar-refractivity contribution is 0.129. The van der Waals surface area contributed by atoms with Crippen LogP contribution in [0.1, 0.15) is 65.7 Å². The van der Waals surface area contributed by atoms with Crippen LogP contribution >= 0.6 is 0 Å². The molecule has 0 saturated heterocycles. The third kappa shape index (κ3) is 4.87. The molecule has 4 heteroatoms. The van der Waals surface area contributed by atoms with Gasteiger partial charge in [0.2, 0.25) is 0 Å². The maximum Gasteiger partial charge on any atom is 0.191 e. The van der Waals surface area contributed by atoms with Crippen molar-refractivity contribution in [3.8, 4) is 0 Å². The standard InChI is InChI=1S/C18H35N3O/c1-4-17(8-7-9-17)14-20-16(19-5-2)21-15-18(10-11-18)12-13-22-6-3/h4-15H2,1-3H3,(H2,19,20,21). The molecule has 0 atom stereocenters. The van der Waals surface area contributed by atoms with Gasteiger partial charge in [-0.25, -0.2) is 0 Å². The highest BCUT2D eigenvalue weighted by Gasteiger charge is 2.42. The lowest BCUT2D eigenvalue weighted by atomic mass is 9.67. The predicted molar refractivity (Wildman–Crippen MR) is 93.3 cm³/mol. The zero-order chi connectivity index (χ0) is 15.9. The Morgan fingerprint density at radius 3 is 2.32 bits per heavy atom. The molecule has 2 N–H and O–H groups in total. The fourth-order valence-corrected chi connectivity index (χ4v) is 3.29. The van der Waals surface area contributed by atoms with Gasteiger partial charge in [-0.2, -0.15) is 0 Å². The smallest absolute Gasteiger partial charge is 0.191 e. The second-order valence-corrected chi connectivity index (χ2v) is 7.20. The molecule has 2 rings (SSSR count). The SMILES string of the molecule is CCNC(=NCC1(CCOCC)CC1)NCC1(CC)CCC1. The van der Waals surface area contributed by atoms with Gasteiger partial charge in [0.1, 0.15) is 0 Å². The van der Waals surface area contributed by atoms with Crippen molar-refractivity contribution in [2.24, 2.45) is 15.8 Å². The van der Waals surface area contributed by atoms with E-state index >= 15 is 0 Å². The van der Waals surface area contributed by atoms with E-state index < -0.39 is 0 Å². The van der Waals surface area contributed by atoms with Crippen LogP contribution < -0.4 is 10.6 Å². The van der Waals surface area contributed by atoms with E-state index in [0.29, 0.717) is 10.8 Å². The molecule has 0 unspecified atom stereocenters. The van der Waals surface area contributed by atoms with E-state index in [1.54, 1.807) is 0 Å². The van der Waals surface area contributed by atoms with Gasteiger partial charge in [-0.1, -0.05) is 13.3 Å². The van der Waals surface area contributed by atoms with E-state index in [4.69, 9.17) is 9.73 Å². The number of hydrogen-bond acceptors (Lipinski definition) is 2. The maximum absolute atomic E-state index is 5.51. The first-order valence-electron chi connectivity index (χ1n) is 9.27. The van der Waals surface area contributed by atoms with Crippen molar-refractivity contribution in [1.29, 1.82) is 0 Å². The van der Waals surface area contributed by atoms with Crippen molar-refractivity contribution in [1.82, 2.24) is 10.6 Å². The molecule has 4 nitrogen and oxygen atoms in total. The number of nitrogens with zero attached hydrogens (tertiary/aromatic N) is 1. The molecule has 0 aliphatic heterocycles. The molecule has 0 aromatic carbocycles. The Balaban J connectivity index is 1.79. The number of guanidine groups is 1. The molecule has 2 aliphatic carbocycles. The Morgan fingerprint density at radius 2 is 1.82 bits per heavy atom. The van der Waals surface area contributed by atoms with Crippen LogP contribution in [0.25, 0.3) is 0 Å². The fraction of sp³-hybridized carbons (Fsp3) is 0.944. The average molecular weight is 309 g/mol. The van der Waals surface area contributed by atoms with Crippen LogP contribution in [0.15, 0.2) is 4.99 Å². The average Bonchev–Trinajstić information content (AvgIpc) is 3.24. The number of ether oxygens (including phenoxy) is 1. The van der Waals surface area contributed by atoms with Crippen LogP contribution in [-0.4, -0.2) is 38.8 Å². The highest BCUT2D eigenvalue weighted by Crippen LogP contribution is 2.49. The summed E-state index contributed by atoms with van der Waals surface area (Å²) in [7, 11) is 0. The first-order valence-corrected chi connectivity index (χ1v) is 9.27. The third-order valence-electron chi connectivity index (χ3n) is 5.65. The van der Waals surface area contributed by atoms with Crippen LogP contribution in [0.4, 0.5) is 0 Å². The van der Waals surface area contributed by atoms with E-state index in [1.807, 2.05) is 0 Å². The highest BCUT2D eigenvalue weighted by atomic mass is 16.5. The molecule has 0 radical (unpaired) electrons. The number of hydrogen-bond donors (Lipinski definition) is 2. The van der Waals surface area contributed by atoms with Crippen molar-refractivity contribution in [2.45, 2.75) is 65.7 Å². The van der Waals surface area contributed by atoms with Gasteiger partial charge < -0.3 is 15.4 Å². The molecular weight excluding hydrogens is 274 g/mol. The first kappa shape index (κ1) is 17.6. The zero-order valence-electron chi connectivity index (χ0n) is 14.8. The minimum atomic E-state index is 0.427. The van der Waals surface area contributed by atoms with E-state index in [0.717, 1.165) is 45.2 Å². The van der Waals surface area contributed by atoms with Crippen LogP contribution in [0, 0.1) is 10.8 Å². The van der Waals surface area contributed by atoms with Crippen LogP contribution in [0.3, 0.4) is 0 Å². The van der Waals surface area contributed by atoms with Gasteiger partial charge in [0.05, 0.1) is 0 Å². The van der Waals surface area contributed by atoms with Crippen LogP contribution in [0.5, 0.6) is 0 Å². The van der Waals surface area contributed by atoms with E-state index in [-0.39, 0.29) is 0 Å². The molecule has 22 heavy (non-hydrogen) atoms. The van der Waals surface area contributed by atoms with Gasteiger partial charge in [-0.15, -0.1) is 0 Å². The molecular formula is C18H35N3O.